The van der Waals surface area contributed by atoms with Crippen molar-refractivity contribution in [2.75, 3.05) is 11.4 Å². The van der Waals surface area contributed by atoms with Gasteiger partial charge in [-0.1, -0.05) is 44.9 Å². The Balaban J connectivity index is 1.35. The number of carbonyl (C=O) groups excluding carboxylic acids is 3. The molecular weight excluding hydrogens is 444 g/mol. The second-order valence-corrected chi connectivity index (χ2v) is 11.2. The minimum absolute atomic E-state index is 0.125. The maximum absolute atomic E-state index is 13.7. The summed E-state index contributed by atoms with van der Waals surface area (Å²) in [4.78, 5) is 41.9. The number of carbonyl (C=O) groups is 3. The van der Waals surface area contributed by atoms with Crippen molar-refractivity contribution in [1.29, 1.82) is 0 Å². The maximum Gasteiger partial charge on any atom is 0.313 e. The molecule has 1 spiro atoms. The molecule has 1 aromatic carbocycles. The molecule has 3 fully saturated rings. The zero-order valence-electron chi connectivity index (χ0n) is 21.1. The van der Waals surface area contributed by atoms with Gasteiger partial charge < -0.3 is 19.7 Å². The summed E-state index contributed by atoms with van der Waals surface area (Å²) in [6.07, 6.45) is 7.02. The summed E-state index contributed by atoms with van der Waals surface area (Å²) in [7, 11) is 0. The van der Waals surface area contributed by atoms with Crippen LogP contribution in [0.15, 0.2) is 30.4 Å². The maximum atomic E-state index is 13.7. The van der Waals surface area contributed by atoms with Crippen LogP contribution in [-0.2, 0) is 23.9 Å². The Kier molecular flexibility index (Phi) is 6.24. The predicted octanol–water partition coefficient (Wildman–Crippen LogP) is 3.61. The highest BCUT2D eigenvalue weighted by molar-refractivity contribution is 6.03. The number of hydrogen-bond donors (Lipinski definition) is 1. The molecule has 7 nitrogen and oxygen atoms in total. The van der Waals surface area contributed by atoms with Gasteiger partial charge in [0.05, 0.1) is 18.6 Å². The summed E-state index contributed by atoms with van der Waals surface area (Å²) in [5.41, 5.74) is 2.13. The van der Waals surface area contributed by atoms with Crippen molar-refractivity contribution in [3.05, 3.63) is 41.5 Å². The molecule has 35 heavy (non-hydrogen) atoms. The van der Waals surface area contributed by atoms with Crippen LogP contribution in [-0.4, -0.2) is 48.2 Å². The topological polar surface area (TPSA) is 84.9 Å². The molecule has 0 unspecified atom stereocenters. The molecule has 2 bridgehead atoms. The number of esters is 1. The van der Waals surface area contributed by atoms with Gasteiger partial charge >= 0.3 is 5.97 Å². The molecule has 0 aromatic heterocycles. The summed E-state index contributed by atoms with van der Waals surface area (Å²) in [5.74, 6) is -2.10. The average molecular weight is 481 g/mol. The largest absolute Gasteiger partial charge is 0.452 e. The molecule has 7 heteroatoms. The molecule has 3 heterocycles. The molecule has 1 aromatic rings. The number of anilines is 1. The van der Waals surface area contributed by atoms with E-state index in [2.05, 4.69) is 11.4 Å². The van der Waals surface area contributed by atoms with Gasteiger partial charge in [-0.15, -0.1) is 0 Å². The Morgan fingerprint density at radius 3 is 2.51 bits per heavy atom. The van der Waals surface area contributed by atoms with Crippen LogP contribution in [0, 0.1) is 31.6 Å². The summed E-state index contributed by atoms with van der Waals surface area (Å²) in [5, 5.41) is 3.07. The molecule has 0 radical (unpaired) electrons. The van der Waals surface area contributed by atoms with E-state index in [1.807, 2.05) is 52.0 Å². The van der Waals surface area contributed by atoms with Gasteiger partial charge in [0.15, 0.2) is 6.10 Å². The molecular formula is C28H36N2O5. The van der Waals surface area contributed by atoms with Gasteiger partial charge in [-0.25, -0.2) is 0 Å². The van der Waals surface area contributed by atoms with E-state index in [4.69, 9.17) is 9.47 Å². The number of nitrogens with zero attached hydrogens (tertiary/aromatic N) is 1. The monoisotopic (exact) mass is 480 g/mol. The normalized spacial score (nSPS) is 30.3. The second kappa shape index (κ2) is 9.08. The third-order valence-corrected chi connectivity index (χ3v) is 7.83. The molecule has 1 saturated carbocycles. The number of fused-ring (bicyclic) bond motifs is 1. The Bertz CT molecular complexity index is 1040. The van der Waals surface area contributed by atoms with Gasteiger partial charge in [0, 0.05) is 11.7 Å². The quantitative estimate of drug-likeness (QED) is 0.476. The highest BCUT2D eigenvalue weighted by atomic mass is 16.6. The van der Waals surface area contributed by atoms with Crippen molar-refractivity contribution >= 4 is 23.5 Å². The number of aryl methyl sites for hydroxylation is 2. The number of hydrogen-bond acceptors (Lipinski definition) is 5. The van der Waals surface area contributed by atoms with E-state index in [-0.39, 0.29) is 23.8 Å². The lowest BCUT2D eigenvalue weighted by Gasteiger charge is -2.26. The van der Waals surface area contributed by atoms with E-state index in [1.165, 1.54) is 0 Å². The lowest BCUT2D eigenvalue weighted by Crippen LogP contribution is -2.46. The van der Waals surface area contributed by atoms with Gasteiger partial charge in [-0.2, -0.15) is 0 Å². The predicted molar refractivity (Wildman–Crippen MR) is 132 cm³/mol. The number of amides is 2. The van der Waals surface area contributed by atoms with Crippen LogP contribution in [0.3, 0.4) is 0 Å². The van der Waals surface area contributed by atoms with Gasteiger partial charge in [0.2, 0.25) is 5.91 Å². The van der Waals surface area contributed by atoms with E-state index in [1.54, 1.807) is 4.90 Å². The van der Waals surface area contributed by atoms with E-state index in [9.17, 15) is 14.4 Å². The summed E-state index contributed by atoms with van der Waals surface area (Å²) in [6, 6.07) is 6.18. The highest BCUT2D eigenvalue weighted by Crippen LogP contribution is 2.53. The van der Waals surface area contributed by atoms with Gasteiger partial charge in [-0.3, -0.25) is 14.4 Å². The first-order chi connectivity index (χ1) is 16.7. The van der Waals surface area contributed by atoms with Crippen LogP contribution in [0.25, 0.3) is 0 Å². The van der Waals surface area contributed by atoms with Crippen molar-refractivity contribution in [1.82, 2.24) is 5.32 Å². The van der Waals surface area contributed by atoms with E-state index in [0.29, 0.717) is 13.0 Å². The lowest BCUT2D eigenvalue weighted by molar-refractivity contribution is -0.163. The van der Waals surface area contributed by atoms with Crippen molar-refractivity contribution < 1.29 is 23.9 Å². The fourth-order valence-electron chi connectivity index (χ4n) is 6.31. The molecule has 5 rings (SSSR count). The second-order valence-electron chi connectivity index (χ2n) is 11.2. The van der Waals surface area contributed by atoms with Gasteiger partial charge in [0.25, 0.3) is 5.91 Å². The zero-order chi connectivity index (χ0) is 24.9. The molecule has 5 atom stereocenters. The summed E-state index contributed by atoms with van der Waals surface area (Å²) in [6.45, 7) is 8.38. The molecule has 188 valence electrons. The van der Waals surface area contributed by atoms with Crippen molar-refractivity contribution in [3.8, 4) is 0 Å². The molecule has 1 N–H and O–H groups in total. The molecule has 2 amide bonds. The third kappa shape index (κ3) is 4.39. The van der Waals surface area contributed by atoms with Gasteiger partial charge in [-0.05, 0) is 62.3 Å². The number of benzene rings is 1. The molecule has 1 aliphatic carbocycles. The Morgan fingerprint density at radius 1 is 1.17 bits per heavy atom. The summed E-state index contributed by atoms with van der Waals surface area (Å²) < 4.78 is 12.1. The number of rotatable bonds is 7. The van der Waals surface area contributed by atoms with E-state index < -0.39 is 35.6 Å². The first kappa shape index (κ1) is 24.0. The smallest absolute Gasteiger partial charge is 0.313 e. The SMILES string of the molecule is Cc1cc(C)cc(N2C[C@]34C=C[C@@H](O3)[C@H](C(=O)O[C@@H](CC(C)C)C(=O)NC3CCCC3)[C@@H]4C2=O)c1. The molecule has 4 aliphatic rings. The van der Waals surface area contributed by atoms with Crippen LogP contribution in [0.2, 0.25) is 0 Å². The van der Waals surface area contributed by atoms with Crippen LogP contribution >= 0.6 is 0 Å². The fourth-order valence-corrected chi connectivity index (χ4v) is 6.31. The lowest BCUT2D eigenvalue weighted by atomic mass is 9.77. The minimum Gasteiger partial charge on any atom is -0.452 e. The van der Waals surface area contributed by atoms with Crippen molar-refractivity contribution in [2.45, 2.75) is 83.6 Å². The van der Waals surface area contributed by atoms with Crippen molar-refractivity contribution in [3.63, 3.8) is 0 Å². The van der Waals surface area contributed by atoms with Crippen LogP contribution in [0.1, 0.15) is 57.1 Å². The van der Waals surface area contributed by atoms with Crippen LogP contribution in [0.4, 0.5) is 5.69 Å². The van der Waals surface area contributed by atoms with E-state index in [0.717, 1.165) is 42.5 Å². The van der Waals surface area contributed by atoms with Crippen LogP contribution < -0.4 is 10.2 Å². The third-order valence-electron chi connectivity index (χ3n) is 7.83. The van der Waals surface area contributed by atoms with Crippen LogP contribution in [0.5, 0.6) is 0 Å². The first-order valence-corrected chi connectivity index (χ1v) is 12.9. The highest BCUT2D eigenvalue weighted by Gasteiger charge is 2.67. The summed E-state index contributed by atoms with van der Waals surface area (Å²) >= 11 is 0. The number of ether oxygens (including phenoxy) is 2. The van der Waals surface area contributed by atoms with Crippen molar-refractivity contribution in [2.24, 2.45) is 17.8 Å². The first-order valence-electron chi connectivity index (χ1n) is 12.9. The standard InChI is InChI=1S/C28H36N2O5/c1-16(2)11-22(25(31)29-19-7-5-6-8-19)34-27(33)23-21-9-10-28(35-21)15-30(26(32)24(23)28)20-13-17(3)12-18(4)14-20/h9-10,12-14,16,19,21-24H,5-8,11,15H2,1-4H3,(H,29,31)/t21-,22+,23+,24-,28+/m1/s1. The van der Waals surface area contributed by atoms with E-state index >= 15 is 0 Å². The average Bonchev–Trinajstić information content (AvgIpc) is 3.54. The Labute approximate surface area is 207 Å². The van der Waals surface area contributed by atoms with Gasteiger partial charge in [0.1, 0.15) is 11.5 Å². The Hall–Kier alpha value is -2.67. The Morgan fingerprint density at radius 2 is 1.86 bits per heavy atom. The minimum atomic E-state index is -0.866. The number of nitrogens with one attached hydrogen (secondary N) is 1. The molecule has 2 saturated heterocycles. The fraction of sp³-hybridized carbons (Fsp3) is 0.607. The molecule has 3 aliphatic heterocycles. The zero-order valence-corrected chi connectivity index (χ0v) is 21.1.